The fourth-order valence-corrected chi connectivity index (χ4v) is 2.75. The molecular formula is C27H41NO8. The molecule has 0 fully saturated rings. The van der Waals surface area contributed by atoms with Crippen LogP contribution in [0.2, 0.25) is 0 Å². The Morgan fingerprint density at radius 1 is 0.917 bits per heavy atom. The third-order valence-corrected chi connectivity index (χ3v) is 6.30. The number of carbonyl (C=O) groups is 4. The van der Waals surface area contributed by atoms with Gasteiger partial charge in [0.05, 0.1) is 10.8 Å². The van der Waals surface area contributed by atoms with Crippen LogP contribution in [0, 0.1) is 10.8 Å². The number of benzene rings is 1. The summed E-state index contributed by atoms with van der Waals surface area (Å²) in [7, 11) is 0. The second-order valence-electron chi connectivity index (χ2n) is 10.2. The Hall–Kier alpha value is -2.94. The van der Waals surface area contributed by atoms with Crippen LogP contribution in [0.5, 0.6) is 11.5 Å². The standard InChI is InChI=1S/C27H41NO8/c1-9-22(29)34-17(4)16-28-19(23(30)31)14-18-12-13-20(35-24(32)26(5,6)10-2)21(15-18)36-25(33)27(7,8)11-3/h12-13,15,17,19,28H,9-11,14,16H2,1-8H3,(H,30,31)/t17?,19-/m0/s1. The van der Waals surface area contributed by atoms with E-state index < -0.39 is 40.9 Å². The fourth-order valence-electron chi connectivity index (χ4n) is 2.75. The molecule has 0 bridgehead atoms. The van der Waals surface area contributed by atoms with Crippen LogP contribution in [0.15, 0.2) is 18.2 Å². The van der Waals surface area contributed by atoms with Crippen LogP contribution < -0.4 is 14.8 Å². The van der Waals surface area contributed by atoms with Crippen LogP contribution in [0.25, 0.3) is 0 Å². The molecular weight excluding hydrogens is 466 g/mol. The van der Waals surface area contributed by atoms with Gasteiger partial charge in [-0.15, -0.1) is 0 Å². The predicted molar refractivity (Wildman–Crippen MR) is 135 cm³/mol. The molecule has 0 aromatic heterocycles. The molecule has 0 saturated heterocycles. The highest BCUT2D eigenvalue weighted by Gasteiger charge is 2.31. The number of carboxylic acids is 1. The lowest BCUT2D eigenvalue weighted by Crippen LogP contribution is -2.42. The Bertz CT molecular complexity index is 938. The minimum Gasteiger partial charge on any atom is -0.480 e. The number of rotatable bonds is 14. The largest absolute Gasteiger partial charge is 0.480 e. The topological polar surface area (TPSA) is 128 Å². The van der Waals surface area contributed by atoms with Crippen LogP contribution in [0.4, 0.5) is 0 Å². The van der Waals surface area contributed by atoms with Crippen molar-refractivity contribution in [3.8, 4) is 11.5 Å². The summed E-state index contributed by atoms with van der Waals surface area (Å²) in [4.78, 5) is 48.8. The SMILES string of the molecule is CCC(=O)OC(C)CN[C@@H](Cc1ccc(OC(=O)C(C)(C)CC)c(OC(=O)C(C)(C)CC)c1)C(=O)O. The van der Waals surface area contributed by atoms with Crippen LogP contribution in [-0.4, -0.2) is 47.7 Å². The second kappa shape index (κ2) is 13.4. The van der Waals surface area contributed by atoms with Crippen molar-refractivity contribution in [1.29, 1.82) is 0 Å². The monoisotopic (exact) mass is 507 g/mol. The molecule has 2 N–H and O–H groups in total. The lowest BCUT2D eigenvalue weighted by Gasteiger charge is -2.24. The highest BCUT2D eigenvalue weighted by molar-refractivity contribution is 5.81. The number of carbonyl (C=O) groups excluding carboxylic acids is 3. The third-order valence-electron chi connectivity index (χ3n) is 6.30. The van der Waals surface area contributed by atoms with Gasteiger partial charge < -0.3 is 24.6 Å². The van der Waals surface area contributed by atoms with Gasteiger partial charge in [-0.3, -0.25) is 19.2 Å². The smallest absolute Gasteiger partial charge is 0.321 e. The van der Waals surface area contributed by atoms with E-state index in [1.54, 1.807) is 47.6 Å². The van der Waals surface area contributed by atoms with Crippen LogP contribution in [0.1, 0.15) is 80.2 Å². The average molecular weight is 508 g/mol. The molecule has 0 aliphatic carbocycles. The summed E-state index contributed by atoms with van der Waals surface area (Å²) >= 11 is 0. The highest BCUT2D eigenvalue weighted by atomic mass is 16.6. The van der Waals surface area contributed by atoms with E-state index in [-0.39, 0.29) is 36.9 Å². The molecule has 0 aliphatic rings. The zero-order valence-corrected chi connectivity index (χ0v) is 22.7. The molecule has 1 rings (SSSR count). The number of esters is 3. The first-order valence-corrected chi connectivity index (χ1v) is 12.4. The highest BCUT2D eigenvalue weighted by Crippen LogP contribution is 2.34. The summed E-state index contributed by atoms with van der Waals surface area (Å²) in [5, 5.41) is 12.6. The quantitative estimate of drug-likeness (QED) is 0.280. The van der Waals surface area contributed by atoms with E-state index in [0.717, 1.165) is 0 Å². The zero-order valence-electron chi connectivity index (χ0n) is 22.7. The van der Waals surface area contributed by atoms with E-state index in [4.69, 9.17) is 14.2 Å². The van der Waals surface area contributed by atoms with Crippen LogP contribution >= 0.6 is 0 Å². The predicted octanol–water partition coefficient (Wildman–Crippen LogP) is 4.30. The number of carboxylic acid groups (broad SMARTS) is 1. The van der Waals surface area contributed by atoms with E-state index in [2.05, 4.69) is 5.32 Å². The van der Waals surface area contributed by atoms with Crippen LogP contribution in [-0.2, 0) is 30.3 Å². The van der Waals surface area contributed by atoms with E-state index in [1.165, 1.54) is 12.1 Å². The maximum absolute atomic E-state index is 12.8. The Balaban J connectivity index is 3.19. The van der Waals surface area contributed by atoms with E-state index in [9.17, 15) is 24.3 Å². The number of nitrogens with one attached hydrogen (secondary N) is 1. The third kappa shape index (κ3) is 9.26. The maximum Gasteiger partial charge on any atom is 0.321 e. The van der Waals surface area contributed by atoms with Gasteiger partial charge in [0.15, 0.2) is 11.5 Å². The minimum atomic E-state index is -1.09. The number of aliphatic carboxylic acids is 1. The van der Waals surface area contributed by atoms with Crippen molar-refractivity contribution >= 4 is 23.9 Å². The first kappa shape index (κ1) is 31.1. The first-order chi connectivity index (χ1) is 16.7. The van der Waals surface area contributed by atoms with E-state index in [1.807, 2.05) is 13.8 Å². The lowest BCUT2D eigenvalue weighted by molar-refractivity contribution is -0.148. The van der Waals surface area contributed by atoms with Gasteiger partial charge in [0.2, 0.25) is 0 Å². The Kier molecular flexibility index (Phi) is 11.6. The minimum absolute atomic E-state index is 0.0497. The molecule has 36 heavy (non-hydrogen) atoms. The number of hydrogen-bond donors (Lipinski definition) is 2. The molecule has 0 spiro atoms. The fraction of sp³-hybridized carbons (Fsp3) is 0.630. The van der Waals surface area contributed by atoms with Gasteiger partial charge in [0.1, 0.15) is 12.1 Å². The van der Waals surface area contributed by atoms with Gasteiger partial charge >= 0.3 is 23.9 Å². The van der Waals surface area contributed by atoms with E-state index in [0.29, 0.717) is 18.4 Å². The molecule has 1 aromatic rings. The van der Waals surface area contributed by atoms with Crippen molar-refractivity contribution in [2.75, 3.05) is 6.54 Å². The second-order valence-corrected chi connectivity index (χ2v) is 10.2. The summed E-state index contributed by atoms with van der Waals surface area (Å²) in [6.45, 7) is 14.3. The molecule has 1 aromatic carbocycles. The summed E-state index contributed by atoms with van der Waals surface area (Å²) in [6, 6.07) is 3.66. The van der Waals surface area contributed by atoms with Gasteiger partial charge in [-0.25, -0.2) is 0 Å². The molecule has 1 unspecified atom stereocenters. The molecule has 2 atom stereocenters. The summed E-state index contributed by atoms with van der Waals surface area (Å²) in [6.07, 6.45) is 0.876. The molecule has 0 saturated carbocycles. The number of ether oxygens (including phenoxy) is 3. The van der Waals surface area contributed by atoms with Crippen molar-refractivity contribution in [3.05, 3.63) is 23.8 Å². The summed E-state index contributed by atoms with van der Waals surface area (Å²) in [5.74, 6) is -2.28. The van der Waals surface area contributed by atoms with Gasteiger partial charge in [0, 0.05) is 13.0 Å². The molecule has 9 heteroatoms. The van der Waals surface area contributed by atoms with Crippen molar-refractivity contribution in [1.82, 2.24) is 5.32 Å². The molecule has 9 nitrogen and oxygen atoms in total. The van der Waals surface area contributed by atoms with E-state index >= 15 is 0 Å². The Morgan fingerprint density at radius 3 is 1.92 bits per heavy atom. The molecule has 0 aliphatic heterocycles. The normalized spacial score (nSPS) is 13.4. The summed E-state index contributed by atoms with van der Waals surface area (Å²) in [5.41, 5.74) is -0.949. The Labute approximate surface area is 213 Å². The van der Waals surface area contributed by atoms with Gasteiger partial charge in [-0.05, 0) is 71.6 Å². The zero-order chi connectivity index (χ0) is 27.7. The lowest BCUT2D eigenvalue weighted by atomic mass is 9.90. The van der Waals surface area contributed by atoms with Crippen molar-refractivity contribution in [2.45, 2.75) is 93.2 Å². The van der Waals surface area contributed by atoms with Gasteiger partial charge in [-0.2, -0.15) is 0 Å². The summed E-state index contributed by atoms with van der Waals surface area (Å²) < 4.78 is 16.4. The molecule has 0 heterocycles. The molecule has 0 radical (unpaired) electrons. The molecule has 202 valence electrons. The van der Waals surface area contributed by atoms with Crippen molar-refractivity contribution in [2.24, 2.45) is 10.8 Å². The van der Waals surface area contributed by atoms with Gasteiger partial charge in [-0.1, -0.05) is 26.8 Å². The first-order valence-electron chi connectivity index (χ1n) is 12.4. The molecule has 0 amide bonds. The van der Waals surface area contributed by atoms with Crippen molar-refractivity contribution < 1.29 is 38.5 Å². The average Bonchev–Trinajstić information content (AvgIpc) is 2.82. The van der Waals surface area contributed by atoms with Gasteiger partial charge in [0.25, 0.3) is 0 Å². The Morgan fingerprint density at radius 2 is 1.44 bits per heavy atom. The van der Waals surface area contributed by atoms with Crippen molar-refractivity contribution in [3.63, 3.8) is 0 Å². The number of hydrogen-bond acceptors (Lipinski definition) is 8. The maximum atomic E-state index is 12.8. The van der Waals surface area contributed by atoms with Crippen LogP contribution in [0.3, 0.4) is 0 Å².